The highest BCUT2D eigenvalue weighted by Crippen LogP contribution is 2.36. The topological polar surface area (TPSA) is 77.8 Å². The summed E-state index contributed by atoms with van der Waals surface area (Å²) < 4.78 is 0. The van der Waals surface area contributed by atoms with Crippen LogP contribution in [0.25, 0.3) is 0 Å². The highest BCUT2D eigenvalue weighted by Gasteiger charge is 2.35. The first kappa shape index (κ1) is 17.2. The van der Waals surface area contributed by atoms with Gasteiger partial charge in [0.25, 0.3) is 0 Å². The van der Waals surface area contributed by atoms with E-state index in [0.717, 1.165) is 32.1 Å². The normalized spacial score (nSPS) is 29.7. The van der Waals surface area contributed by atoms with Crippen molar-refractivity contribution in [3.8, 4) is 0 Å². The van der Waals surface area contributed by atoms with Gasteiger partial charge in [-0.15, -0.1) is 0 Å². The van der Waals surface area contributed by atoms with E-state index in [1.165, 1.54) is 0 Å². The molecular weight excluding hydrogens is 256 g/mol. The van der Waals surface area contributed by atoms with E-state index in [-0.39, 0.29) is 18.3 Å². The van der Waals surface area contributed by atoms with Crippen LogP contribution in [0.15, 0.2) is 12.2 Å². The maximum Gasteiger partial charge on any atom is 0.303 e. The number of allylic oxidation sites excluding steroid dienone is 1. The van der Waals surface area contributed by atoms with Crippen LogP contribution < -0.4 is 0 Å². The lowest BCUT2D eigenvalue weighted by Crippen LogP contribution is -2.24. The largest absolute Gasteiger partial charge is 0.481 e. The minimum Gasteiger partial charge on any atom is -0.481 e. The molecule has 1 fully saturated rings. The van der Waals surface area contributed by atoms with Gasteiger partial charge in [0.2, 0.25) is 0 Å². The van der Waals surface area contributed by atoms with Gasteiger partial charge in [0.15, 0.2) is 0 Å². The third-order valence-corrected chi connectivity index (χ3v) is 4.24. The van der Waals surface area contributed by atoms with Crippen LogP contribution in [0.5, 0.6) is 0 Å². The first-order chi connectivity index (χ1) is 9.35. The molecule has 0 aromatic carbocycles. The molecule has 4 atom stereocenters. The third kappa shape index (κ3) is 5.63. The summed E-state index contributed by atoms with van der Waals surface area (Å²) in [5.74, 6) is -1.04. The summed E-state index contributed by atoms with van der Waals surface area (Å²) in [6.07, 6.45) is 8.53. The van der Waals surface area contributed by atoms with Crippen LogP contribution in [0.1, 0.15) is 58.8 Å². The summed E-state index contributed by atoms with van der Waals surface area (Å²) in [4.78, 5) is 10.8. The first-order valence-electron chi connectivity index (χ1n) is 7.67. The quantitative estimate of drug-likeness (QED) is 0.473. The van der Waals surface area contributed by atoms with E-state index < -0.39 is 17.7 Å². The summed E-state index contributed by atoms with van der Waals surface area (Å²) in [5, 5.41) is 29.0. The molecule has 20 heavy (non-hydrogen) atoms. The van der Waals surface area contributed by atoms with Crippen LogP contribution in [0.3, 0.4) is 0 Å². The summed E-state index contributed by atoms with van der Waals surface area (Å²) in [7, 11) is 0. The molecule has 0 amide bonds. The molecule has 116 valence electrons. The Hall–Kier alpha value is -0.870. The van der Waals surface area contributed by atoms with Gasteiger partial charge >= 0.3 is 5.97 Å². The fourth-order valence-corrected chi connectivity index (χ4v) is 2.95. The van der Waals surface area contributed by atoms with Crippen molar-refractivity contribution < 1.29 is 20.1 Å². The number of aliphatic hydroxyl groups excluding tert-OH is 1. The molecule has 0 spiro atoms. The van der Waals surface area contributed by atoms with Crippen molar-refractivity contribution in [1.82, 2.24) is 0 Å². The zero-order valence-electron chi connectivity index (χ0n) is 12.6. The number of aliphatic hydroxyl groups is 2. The van der Waals surface area contributed by atoms with Crippen LogP contribution in [0, 0.1) is 11.8 Å². The van der Waals surface area contributed by atoms with Crippen LogP contribution in [-0.4, -0.2) is 33.0 Å². The second kappa shape index (κ2) is 7.79. The summed E-state index contributed by atoms with van der Waals surface area (Å²) in [6.45, 7) is 3.91. The number of hydrogen-bond donors (Lipinski definition) is 3. The maximum absolute atomic E-state index is 10.8. The molecule has 0 aromatic rings. The van der Waals surface area contributed by atoms with E-state index in [1.807, 2.05) is 6.08 Å². The Morgan fingerprint density at radius 3 is 2.65 bits per heavy atom. The van der Waals surface area contributed by atoms with Gasteiger partial charge in [-0.05, 0) is 32.1 Å². The molecular formula is C16H28O4. The summed E-state index contributed by atoms with van der Waals surface area (Å²) >= 11 is 0. The molecule has 0 aliphatic heterocycles. The molecule has 1 aliphatic rings. The number of hydrogen-bond acceptors (Lipinski definition) is 3. The highest BCUT2D eigenvalue weighted by molar-refractivity contribution is 5.67. The second-order valence-corrected chi connectivity index (χ2v) is 6.24. The SMILES string of the molecule is CCCCCC(C)(O)/C=C/C1CC[C@@H](O)C1CC(=O)O. The van der Waals surface area contributed by atoms with Crippen molar-refractivity contribution >= 4 is 5.97 Å². The molecule has 0 saturated heterocycles. The Labute approximate surface area is 121 Å². The number of unbranched alkanes of at least 4 members (excludes halogenated alkanes) is 2. The molecule has 0 bridgehead atoms. The van der Waals surface area contributed by atoms with Gasteiger partial charge in [-0.2, -0.15) is 0 Å². The fraction of sp³-hybridized carbons (Fsp3) is 0.812. The van der Waals surface area contributed by atoms with Gasteiger partial charge in [0, 0.05) is 5.92 Å². The minimum absolute atomic E-state index is 0.00580. The average Bonchev–Trinajstić information content (AvgIpc) is 2.68. The average molecular weight is 284 g/mol. The monoisotopic (exact) mass is 284 g/mol. The molecule has 1 aliphatic carbocycles. The molecule has 0 aromatic heterocycles. The van der Waals surface area contributed by atoms with Crippen LogP contribution in [0.4, 0.5) is 0 Å². The van der Waals surface area contributed by atoms with Crippen molar-refractivity contribution in [3.63, 3.8) is 0 Å². The third-order valence-electron chi connectivity index (χ3n) is 4.24. The van der Waals surface area contributed by atoms with Gasteiger partial charge < -0.3 is 15.3 Å². The number of carboxylic acid groups (broad SMARTS) is 1. The van der Waals surface area contributed by atoms with Crippen LogP contribution in [-0.2, 0) is 4.79 Å². The van der Waals surface area contributed by atoms with Crippen molar-refractivity contribution in [2.45, 2.75) is 70.5 Å². The standard InChI is InChI=1S/C16H28O4/c1-3-4-5-9-16(2,20)10-8-12-6-7-14(17)13(12)11-15(18)19/h8,10,12-14,17,20H,3-7,9,11H2,1-2H3,(H,18,19)/b10-8+/t12?,13?,14-,16?/m1/s1. The number of carbonyl (C=O) groups is 1. The smallest absolute Gasteiger partial charge is 0.303 e. The van der Waals surface area contributed by atoms with E-state index in [1.54, 1.807) is 13.0 Å². The van der Waals surface area contributed by atoms with E-state index >= 15 is 0 Å². The first-order valence-corrected chi connectivity index (χ1v) is 7.67. The second-order valence-electron chi connectivity index (χ2n) is 6.24. The van der Waals surface area contributed by atoms with Gasteiger partial charge in [0.05, 0.1) is 18.1 Å². The predicted octanol–water partition coefficient (Wildman–Crippen LogP) is 2.74. The lowest BCUT2D eigenvalue weighted by Gasteiger charge is -2.21. The molecule has 4 heteroatoms. The Morgan fingerprint density at radius 2 is 2.05 bits per heavy atom. The zero-order valence-corrected chi connectivity index (χ0v) is 12.6. The molecule has 3 N–H and O–H groups in total. The van der Waals surface area contributed by atoms with Crippen LogP contribution in [0.2, 0.25) is 0 Å². The molecule has 3 unspecified atom stereocenters. The van der Waals surface area contributed by atoms with Gasteiger partial charge in [-0.1, -0.05) is 38.3 Å². The number of rotatable bonds is 8. The van der Waals surface area contributed by atoms with Gasteiger partial charge in [0.1, 0.15) is 0 Å². The van der Waals surface area contributed by atoms with Crippen molar-refractivity contribution in [3.05, 3.63) is 12.2 Å². The molecule has 1 saturated carbocycles. The van der Waals surface area contributed by atoms with E-state index in [2.05, 4.69) is 6.92 Å². The van der Waals surface area contributed by atoms with Crippen molar-refractivity contribution in [2.75, 3.05) is 0 Å². The van der Waals surface area contributed by atoms with E-state index in [4.69, 9.17) is 5.11 Å². The molecule has 0 heterocycles. The molecule has 1 rings (SSSR count). The zero-order chi connectivity index (χ0) is 15.2. The Morgan fingerprint density at radius 1 is 1.35 bits per heavy atom. The fourth-order valence-electron chi connectivity index (χ4n) is 2.95. The van der Waals surface area contributed by atoms with Crippen molar-refractivity contribution in [1.29, 1.82) is 0 Å². The van der Waals surface area contributed by atoms with E-state index in [0.29, 0.717) is 6.42 Å². The maximum atomic E-state index is 10.8. The van der Waals surface area contributed by atoms with Crippen LogP contribution >= 0.6 is 0 Å². The van der Waals surface area contributed by atoms with Gasteiger partial charge in [-0.3, -0.25) is 4.79 Å². The predicted molar refractivity (Wildman–Crippen MR) is 78.4 cm³/mol. The highest BCUT2D eigenvalue weighted by atomic mass is 16.4. The van der Waals surface area contributed by atoms with Gasteiger partial charge in [-0.25, -0.2) is 0 Å². The number of aliphatic carboxylic acids is 1. The van der Waals surface area contributed by atoms with E-state index in [9.17, 15) is 15.0 Å². The lowest BCUT2D eigenvalue weighted by atomic mass is 9.89. The number of carboxylic acids is 1. The summed E-state index contributed by atoms with van der Waals surface area (Å²) in [6, 6.07) is 0. The lowest BCUT2D eigenvalue weighted by molar-refractivity contribution is -0.139. The Balaban J connectivity index is 2.56. The Kier molecular flexibility index (Phi) is 6.69. The molecule has 0 radical (unpaired) electrons. The molecule has 4 nitrogen and oxygen atoms in total. The summed E-state index contributed by atoms with van der Waals surface area (Å²) in [5.41, 5.74) is -0.837. The minimum atomic E-state index is -0.871. The Bertz CT molecular complexity index is 335. The van der Waals surface area contributed by atoms with Crippen molar-refractivity contribution in [2.24, 2.45) is 11.8 Å².